The fourth-order valence-corrected chi connectivity index (χ4v) is 2.42. The molecule has 0 aliphatic carbocycles. The van der Waals surface area contributed by atoms with Crippen molar-refractivity contribution in [3.8, 4) is 10.6 Å². The minimum absolute atomic E-state index is 0.114. The molecule has 1 heterocycles. The van der Waals surface area contributed by atoms with E-state index in [9.17, 15) is 4.79 Å². The smallest absolute Gasteiger partial charge is 0.244 e. The molecule has 3 nitrogen and oxygen atoms in total. The van der Waals surface area contributed by atoms with Crippen LogP contribution in [0.25, 0.3) is 10.6 Å². The number of aromatic nitrogens is 1. The number of nitrogens with zero attached hydrogens (tertiary/aromatic N) is 1. The van der Waals surface area contributed by atoms with E-state index in [2.05, 4.69) is 10.3 Å². The first kappa shape index (κ1) is 14.2. The van der Waals surface area contributed by atoms with Gasteiger partial charge in [0.25, 0.3) is 0 Å². The van der Waals surface area contributed by atoms with Crippen LogP contribution in [0.4, 0.5) is 0 Å². The maximum atomic E-state index is 11.5. The third kappa shape index (κ3) is 4.17. The second-order valence-electron chi connectivity index (χ2n) is 4.11. The molecule has 4 heteroatoms. The zero-order valence-electron chi connectivity index (χ0n) is 11.2. The topological polar surface area (TPSA) is 42.0 Å². The summed E-state index contributed by atoms with van der Waals surface area (Å²) in [7, 11) is 0. The van der Waals surface area contributed by atoms with Crippen molar-refractivity contribution >= 4 is 17.2 Å². The number of amides is 1. The minimum atomic E-state index is -0.114. The van der Waals surface area contributed by atoms with Crippen LogP contribution in [0.5, 0.6) is 0 Å². The van der Waals surface area contributed by atoms with Gasteiger partial charge in [0.2, 0.25) is 5.91 Å². The second kappa shape index (κ2) is 7.40. The summed E-state index contributed by atoms with van der Waals surface area (Å²) in [5.74, 6) is -0.114. The molecule has 0 bridgehead atoms. The molecule has 0 fully saturated rings. The molecule has 0 aliphatic heterocycles. The van der Waals surface area contributed by atoms with Crippen LogP contribution in [0.1, 0.15) is 12.6 Å². The van der Waals surface area contributed by atoms with Crippen LogP contribution in [-0.2, 0) is 11.3 Å². The van der Waals surface area contributed by atoms with Crippen molar-refractivity contribution in [1.29, 1.82) is 0 Å². The third-order valence-electron chi connectivity index (χ3n) is 2.57. The molecule has 1 N–H and O–H groups in total. The molecule has 20 heavy (non-hydrogen) atoms. The molecule has 1 amide bonds. The van der Waals surface area contributed by atoms with Gasteiger partial charge in [-0.3, -0.25) is 4.79 Å². The fourth-order valence-electron chi connectivity index (χ4n) is 1.59. The van der Waals surface area contributed by atoms with Crippen LogP contribution in [-0.4, -0.2) is 10.9 Å². The lowest BCUT2D eigenvalue weighted by Crippen LogP contribution is -2.20. The standard InChI is InChI=1S/C16H16N2OS/c1-2-3-5-10-15(19)17-11-14-12-20-16(18-14)13-8-6-4-7-9-13/h2-10,12H,11H2,1H3,(H,17,19). The largest absolute Gasteiger partial charge is 0.347 e. The Bertz CT molecular complexity index is 614. The van der Waals surface area contributed by atoms with Gasteiger partial charge in [-0.05, 0) is 6.92 Å². The minimum Gasteiger partial charge on any atom is -0.347 e. The molecule has 0 unspecified atom stereocenters. The summed E-state index contributed by atoms with van der Waals surface area (Å²) in [5, 5.41) is 5.75. The van der Waals surface area contributed by atoms with Gasteiger partial charge in [0, 0.05) is 17.0 Å². The Morgan fingerprint density at radius 2 is 2.10 bits per heavy atom. The quantitative estimate of drug-likeness (QED) is 0.674. The monoisotopic (exact) mass is 284 g/mol. The van der Waals surface area contributed by atoms with E-state index in [1.807, 2.05) is 54.8 Å². The van der Waals surface area contributed by atoms with Gasteiger partial charge in [-0.15, -0.1) is 11.3 Å². The summed E-state index contributed by atoms with van der Waals surface area (Å²) in [6.07, 6.45) is 6.91. The van der Waals surface area contributed by atoms with Crippen LogP contribution >= 0.6 is 11.3 Å². The number of thiazole rings is 1. The molecule has 0 radical (unpaired) electrons. The highest BCUT2D eigenvalue weighted by molar-refractivity contribution is 7.13. The molecule has 0 saturated heterocycles. The Balaban J connectivity index is 1.92. The Morgan fingerprint density at radius 1 is 1.30 bits per heavy atom. The van der Waals surface area contributed by atoms with E-state index in [1.54, 1.807) is 17.4 Å². The van der Waals surface area contributed by atoms with Crippen LogP contribution in [0.15, 0.2) is 60.0 Å². The lowest BCUT2D eigenvalue weighted by atomic mass is 10.2. The number of rotatable bonds is 5. The van der Waals surface area contributed by atoms with Crippen molar-refractivity contribution in [2.24, 2.45) is 0 Å². The van der Waals surface area contributed by atoms with Gasteiger partial charge in [-0.25, -0.2) is 4.98 Å². The molecule has 1 aromatic carbocycles. The normalized spacial score (nSPS) is 11.2. The van der Waals surface area contributed by atoms with E-state index in [0.717, 1.165) is 16.3 Å². The summed E-state index contributed by atoms with van der Waals surface area (Å²) in [6, 6.07) is 10.0. The highest BCUT2D eigenvalue weighted by Gasteiger charge is 2.04. The molecular weight excluding hydrogens is 268 g/mol. The number of allylic oxidation sites excluding steroid dienone is 3. The number of carbonyl (C=O) groups excluding carboxylic acids is 1. The van der Waals surface area contributed by atoms with Crippen molar-refractivity contribution in [3.63, 3.8) is 0 Å². The second-order valence-corrected chi connectivity index (χ2v) is 4.97. The SMILES string of the molecule is CC=CC=CC(=O)NCc1csc(-c2ccccc2)n1. The average Bonchev–Trinajstić information content (AvgIpc) is 2.95. The Labute approximate surface area is 122 Å². The van der Waals surface area contributed by atoms with Crippen molar-refractivity contribution in [1.82, 2.24) is 10.3 Å². The third-order valence-corrected chi connectivity index (χ3v) is 3.51. The summed E-state index contributed by atoms with van der Waals surface area (Å²) in [5.41, 5.74) is 1.98. The molecular formula is C16H16N2OS. The van der Waals surface area contributed by atoms with Crippen LogP contribution < -0.4 is 5.32 Å². The Hall–Kier alpha value is -2.20. The van der Waals surface area contributed by atoms with Gasteiger partial charge in [0.1, 0.15) is 5.01 Å². The molecule has 0 aliphatic rings. The van der Waals surface area contributed by atoms with Crippen LogP contribution in [0, 0.1) is 0 Å². The summed E-state index contributed by atoms with van der Waals surface area (Å²) < 4.78 is 0. The van der Waals surface area contributed by atoms with E-state index in [4.69, 9.17) is 0 Å². The first-order valence-corrected chi connectivity index (χ1v) is 7.24. The van der Waals surface area contributed by atoms with Gasteiger partial charge < -0.3 is 5.32 Å². The first-order chi connectivity index (χ1) is 9.79. The zero-order chi connectivity index (χ0) is 14.2. The maximum Gasteiger partial charge on any atom is 0.244 e. The number of carbonyl (C=O) groups is 1. The van der Waals surface area contributed by atoms with Crippen LogP contribution in [0.3, 0.4) is 0 Å². The van der Waals surface area contributed by atoms with Gasteiger partial charge in [-0.2, -0.15) is 0 Å². The van der Waals surface area contributed by atoms with Gasteiger partial charge in [0.15, 0.2) is 0 Å². The number of hydrogen-bond acceptors (Lipinski definition) is 3. The van der Waals surface area contributed by atoms with E-state index in [1.165, 1.54) is 6.08 Å². The highest BCUT2D eigenvalue weighted by Crippen LogP contribution is 2.22. The Morgan fingerprint density at radius 3 is 2.85 bits per heavy atom. The molecule has 0 spiro atoms. The van der Waals surface area contributed by atoms with Gasteiger partial charge in [-0.1, -0.05) is 48.6 Å². The lowest BCUT2D eigenvalue weighted by molar-refractivity contribution is -0.116. The predicted molar refractivity (Wildman–Crippen MR) is 83.4 cm³/mol. The van der Waals surface area contributed by atoms with E-state index in [-0.39, 0.29) is 5.91 Å². The predicted octanol–water partition coefficient (Wildman–Crippen LogP) is 3.56. The summed E-state index contributed by atoms with van der Waals surface area (Å²) in [4.78, 5) is 16.0. The van der Waals surface area contributed by atoms with E-state index >= 15 is 0 Å². The van der Waals surface area contributed by atoms with E-state index in [0.29, 0.717) is 6.54 Å². The number of nitrogens with one attached hydrogen (secondary N) is 1. The molecule has 2 aromatic rings. The molecule has 102 valence electrons. The lowest BCUT2D eigenvalue weighted by Gasteiger charge is -1.98. The van der Waals surface area contributed by atoms with Crippen molar-refractivity contribution in [2.75, 3.05) is 0 Å². The van der Waals surface area contributed by atoms with E-state index < -0.39 is 0 Å². The first-order valence-electron chi connectivity index (χ1n) is 6.36. The van der Waals surface area contributed by atoms with Crippen molar-refractivity contribution in [2.45, 2.75) is 13.5 Å². The Kier molecular flexibility index (Phi) is 5.26. The van der Waals surface area contributed by atoms with Gasteiger partial charge >= 0.3 is 0 Å². The zero-order valence-corrected chi connectivity index (χ0v) is 12.1. The van der Waals surface area contributed by atoms with Gasteiger partial charge in [0.05, 0.1) is 12.2 Å². The molecule has 0 atom stereocenters. The summed E-state index contributed by atoms with van der Waals surface area (Å²) in [6.45, 7) is 2.35. The molecule has 1 aromatic heterocycles. The summed E-state index contributed by atoms with van der Waals surface area (Å²) >= 11 is 1.58. The number of hydrogen-bond donors (Lipinski definition) is 1. The molecule has 2 rings (SSSR count). The van der Waals surface area contributed by atoms with Crippen molar-refractivity contribution in [3.05, 3.63) is 65.7 Å². The molecule has 0 saturated carbocycles. The fraction of sp³-hybridized carbons (Fsp3) is 0.125. The number of benzene rings is 1. The average molecular weight is 284 g/mol. The maximum absolute atomic E-state index is 11.5. The highest BCUT2D eigenvalue weighted by atomic mass is 32.1. The van der Waals surface area contributed by atoms with Crippen LogP contribution in [0.2, 0.25) is 0 Å². The van der Waals surface area contributed by atoms with Crippen molar-refractivity contribution < 1.29 is 4.79 Å².